The molecule has 19 heavy (non-hydrogen) atoms. The van der Waals surface area contributed by atoms with Crippen LogP contribution in [0.4, 0.5) is 13.2 Å². The molecule has 116 valence electrons. The van der Waals surface area contributed by atoms with Crippen LogP contribution in [0.2, 0.25) is 0 Å². The first-order valence-corrected chi connectivity index (χ1v) is 7.29. The zero-order valence-corrected chi connectivity index (χ0v) is 11.8. The third-order valence-electron chi connectivity index (χ3n) is 3.44. The summed E-state index contributed by atoms with van der Waals surface area (Å²) in [6.07, 6.45) is 1.68. The highest BCUT2D eigenvalue weighted by molar-refractivity contribution is 4.74. The molecule has 0 spiro atoms. The van der Waals surface area contributed by atoms with Crippen LogP contribution < -0.4 is 0 Å². The lowest BCUT2D eigenvalue weighted by molar-refractivity contribution is -0.223. The number of hydrogen-bond donors (Lipinski definition) is 2. The molecule has 0 aromatic heterocycles. The van der Waals surface area contributed by atoms with E-state index in [1.54, 1.807) is 0 Å². The number of hydrogen-bond acceptors (Lipinski definition) is 2. The van der Waals surface area contributed by atoms with Gasteiger partial charge in [-0.3, -0.25) is 0 Å². The summed E-state index contributed by atoms with van der Waals surface area (Å²) in [6, 6.07) is 0. The number of alkyl halides is 3. The van der Waals surface area contributed by atoms with Gasteiger partial charge in [-0.2, -0.15) is 13.2 Å². The van der Waals surface area contributed by atoms with Gasteiger partial charge in [0.05, 0.1) is 0 Å². The van der Waals surface area contributed by atoms with Gasteiger partial charge in [0.1, 0.15) is 0 Å². The van der Waals surface area contributed by atoms with E-state index in [4.69, 9.17) is 10.2 Å². The molecule has 0 rings (SSSR count). The molecule has 0 aliphatic carbocycles. The van der Waals surface area contributed by atoms with Crippen LogP contribution in [-0.4, -0.2) is 29.1 Å². The van der Waals surface area contributed by atoms with Crippen LogP contribution in [0.3, 0.4) is 0 Å². The molecule has 0 aromatic carbocycles. The third-order valence-corrected chi connectivity index (χ3v) is 3.44. The first-order chi connectivity index (χ1) is 8.93. The zero-order valence-electron chi connectivity index (χ0n) is 11.8. The molecule has 0 fully saturated rings. The highest BCUT2D eigenvalue weighted by Crippen LogP contribution is 2.28. The van der Waals surface area contributed by atoms with E-state index < -0.39 is 24.8 Å². The highest BCUT2D eigenvalue weighted by atomic mass is 19.4. The van der Waals surface area contributed by atoms with Gasteiger partial charge >= 0.3 is 6.18 Å². The highest BCUT2D eigenvalue weighted by Gasteiger charge is 2.42. The number of halogens is 3. The van der Waals surface area contributed by atoms with E-state index in [0.717, 1.165) is 19.3 Å². The maximum absolute atomic E-state index is 12.3. The Labute approximate surface area is 114 Å². The molecular weight excluding hydrogens is 257 g/mol. The van der Waals surface area contributed by atoms with Gasteiger partial charge in [-0.25, -0.2) is 0 Å². The Morgan fingerprint density at radius 3 is 1.79 bits per heavy atom. The van der Waals surface area contributed by atoms with E-state index in [0.29, 0.717) is 6.42 Å². The van der Waals surface area contributed by atoms with Crippen molar-refractivity contribution >= 4 is 0 Å². The summed E-state index contributed by atoms with van der Waals surface area (Å²) in [6.45, 7) is 1.54. The van der Waals surface area contributed by atoms with E-state index in [9.17, 15) is 13.2 Å². The predicted octanol–water partition coefficient (Wildman–Crippen LogP) is 4.05. The van der Waals surface area contributed by atoms with Crippen LogP contribution in [0.1, 0.15) is 64.7 Å². The van der Waals surface area contributed by atoms with E-state index in [-0.39, 0.29) is 6.42 Å². The minimum Gasteiger partial charge on any atom is -0.396 e. The Bertz CT molecular complexity index is 207. The van der Waals surface area contributed by atoms with Crippen molar-refractivity contribution in [3.63, 3.8) is 0 Å². The fraction of sp³-hybridized carbons (Fsp3) is 1.00. The zero-order chi connectivity index (χ0) is 14.7. The molecule has 5 heteroatoms. The summed E-state index contributed by atoms with van der Waals surface area (Å²) in [4.78, 5) is 0. The van der Waals surface area contributed by atoms with Gasteiger partial charge < -0.3 is 10.2 Å². The SMILES string of the molecule is CCCCCCCCCCC(CO)C(O)C(F)(F)F. The van der Waals surface area contributed by atoms with E-state index >= 15 is 0 Å². The molecule has 0 aliphatic heterocycles. The summed E-state index contributed by atoms with van der Waals surface area (Å²) in [5, 5.41) is 18.0. The summed E-state index contributed by atoms with van der Waals surface area (Å²) in [7, 11) is 0. The number of unbranched alkanes of at least 4 members (excludes halogenated alkanes) is 7. The van der Waals surface area contributed by atoms with Crippen LogP contribution in [0, 0.1) is 5.92 Å². The second-order valence-electron chi connectivity index (χ2n) is 5.19. The van der Waals surface area contributed by atoms with E-state index in [2.05, 4.69) is 6.92 Å². The second kappa shape index (κ2) is 10.5. The minimum absolute atomic E-state index is 0.228. The van der Waals surface area contributed by atoms with Crippen LogP contribution in [-0.2, 0) is 0 Å². The normalized spacial score (nSPS) is 15.5. The molecule has 2 atom stereocenters. The third kappa shape index (κ3) is 9.27. The summed E-state index contributed by atoms with van der Waals surface area (Å²) < 4.78 is 36.8. The van der Waals surface area contributed by atoms with Crippen molar-refractivity contribution in [1.29, 1.82) is 0 Å². The van der Waals surface area contributed by atoms with Gasteiger partial charge in [-0.1, -0.05) is 58.3 Å². The molecule has 0 radical (unpaired) electrons. The van der Waals surface area contributed by atoms with Crippen LogP contribution in [0.15, 0.2) is 0 Å². The first kappa shape index (κ1) is 18.7. The predicted molar refractivity (Wildman–Crippen MR) is 69.9 cm³/mol. The number of aliphatic hydroxyl groups excluding tert-OH is 2. The van der Waals surface area contributed by atoms with E-state index in [1.807, 2.05) is 0 Å². The smallest absolute Gasteiger partial charge is 0.396 e. The minimum atomic E-state index is -4.63. The Morgan fingerprint density at radius 1 is 0.895 bits per heavy atom. The maximum atomic E-state index is 12.3. The lowest BCUT2D eigenvalue weighted by Gasteiger charge is -2.23. The monoisotopic (exact) mass is 284 g/mol. The van der Waals surface area contributed by atoms with Gasteiger partial charge in [0.15, 0.2) is 6.10 Å². The van der Waals surface area contributed by atoms with Gasteiger partial charge in [0.25, 0.3) is 0 Å². The van der Waals surface area contributed by atoms with Crippen molar-refractivity contribution < 1.29 is 23.4 Å². The van der Waals surface area contributed by atoms with Crippen LogP contribution in [0.25, 0.3) is 0 Å². The van der Waals surface area contributed by atoms with Crippen molar-refractivity contribution in [3.8, 4) is 0 Å². The Hall–Kier alpha value is -0.290. The molecule has 0 aliphatic rings. The van der Waals surface area contributed by atoms with Crippen LogP contribution >= 0.6 is 0 Å². The maximum Gasteiger partial charge on any atom is 0.414 e. The van der Waals surface area contributed by atoms with Crippen molar-refractivity contribution in [1.82, 2.24) is 0 Å². The molecular formula is C14H27F3O2. The van der Waals surface area contributed by atoms with Crippen LogP contribution in [0.5, 0.6) is 0 Å². The lowest BCUT2D eigenvalue weighted by atomic mass is 9.95. The molecule has 0 saturated heterocycles. The molecule has 2 nitrogen and oxygen atoms in total. The largest absolute Gasteiger partial charge is 0.414 e. The summed E-state index contributed by atoms with van der Waals surface area (Å²) >= 11 is 0. The Kier molecular flexibility index (Phi) is 10.3. The van der Waals surface area contributed by atoms with Crippen molar-refractivity contribution in [3.05, 3.63) is 0 Å². The quantitative estimate of drug-likeness (QED) is 0.562. The lowest BCUT2D eigenvalue weighted by Crippen LogP contribution is -2.37. The molecule has 0 saturated carbocycles. The van der Waals surface area contributed by atoms with Crippen molar-refractivity contribution in [2.24, 2.45) is 5.92 Å². The standard InChI is InChI=1S/C14H27F3O2/c1-2-3-4-5-6-7-8-9-10-12(11-18)13(19)14(15,16)17/h12-13,18-19H,2-11H2,1H3. The van der Waals surface area contributed by atoms with Gasteiger partial charge in [-0.05, 0) is 6.42 Å². The average Bonchev–Trinajstić information content (AvgIpc) is 2.35. The Balaban J connectivity index is 3.62. The molecule has 2 N–H and O–H groups in total. The van der Waals surface area contributed by atoms with Crippen molar-refractivity contribution in [2.45, 2.75) is 77.0 Å². The second-order valence-corrected chi connectivity index (χ2v) is 5.19. The van der Waals surface area contributed by atoms with Gasteiger partial charge in [0, 0.05) is 12.5 Å². The molecule has 0 heterocycles. The Morgan fingerprint density at radius 2 is 1.37 bits per heavy atom. The summed E-state index contributed by atoms with van der Waals surface area (Å²) in [5.41, 5.74) is 0. The van der Waals surface area contributed by atoms with Crippen molar-refractivity contribution in [2.75, 3.05) is 6.61 Å². The number of rotatable bonds is 11. The molecule has 2 unspecified atom stereocenters. The fourth-order valence-corrected chi connectivity index (χ4v) is 2.16. The molecule has 0 bridgehead atoms. The van der Waals surface area contributed by atoms with E-state index in [1.165, 1.54) is 25.7 Å². The fourth-order valence-electron chi connectivity index (χ4n) is 2.16. The van der Waals surface area contributed by atoms with Gasteiger partial charge in [-0.15, -0.1) is 0 Å². The first-order valence-electron chi connectivity index (χ1n) is 7.29. The number of aliphatic hydroxyl groups is 2. The average molecular weight is 284 g/mol. The molecule has 0 amide bonds. The molecule has 0 aromatic rings. The topological polar surface area (TPSA) is 40.5 Å². The van der Waals surface area contributed by atoms with Gasteiger partial charge in [0.2, 0.25) is 0 Å². The summed E-state index contributed by atoms with van der Waals surface area (Å²) in [5.74, 6) is -1.08.